The molecule has 2 heterocycles. The summed E-state index contributed by atoms with van der Waals surface area (Å²) in [6, 6.07) is 11.7. The Morgan fingerprint density at radius 2 is 1.83 bits per heavy atom. The summed E-state index contributed by atoms with van der Waals surface area (Å²) in [7, 11) is 0. The number of hydrogen-bond acceptors (Lipinski definition) is 3. The van der Waals surface area contributed by atoms with E-state index in [-0.39, 0.29) is 25.2 Å². The first-order chi connectivity index (χ1) is 14.2. The Balaban J connectivity index is 1.60. The van der Waals surface area contributed by atoms with Gasteiger partial charge in [-0.05, 0) is 47.6 Å². The molecule has 0 aromatic heterocycles. The van der Waals surface area contributed by atoms with Crippen LogP contribution < -0.4 is 5.73 Å². The lowest BCUT2D eigenvalue weighted by Gasteiger charge is -2.40. The summed E-state index contributed by atoms with van der Waals surface area (Å²) in [4.78, 5) is 13.6. The van der Waals surface area contributed by atoms with Gasteiger partial charge in [0.1, 0.15) is 5.60 Å². The fraction of sp³-hybridized carbons (Fsp3) is 0.409. The van der Waals surface area contributed by atoms with Gasteiger partial charge in [-0.15, -0.1) is 0 Å². The predicted octanol–water partition coefficient (Wildman–Crippen LogP) is 3.92. The van der Waals surface area contributed by atoms with E-state index in [1.807, 2.05) is 24.3 Å². The first-order valence-corrected chi connectivity index (χ1v) is 9.81. The number of rotatable bonds is 3. The maximum atomic E-state index is 12.9. The van der Waals surface area contributed by atoms with Crippen LogP contribution in [-0.2, 0) is 16.5 Å². The van der Waals surface area contributed by atoms with Gasteiger partial charge in [0.25, 0.3) is 0 Å². The minimum atomic E-state index is -4.37. The number of nitrogens with two attached hydrogens (primary N) is 1. The van der Waals surface area contributed by atoms with Crippen LogP contribution in [0.25, 0.3) is 0 Å². The Hall–Kier alpha value is -2.58. The molecule has 4 rings (SSSR count). The summed E-state index contributed by atoms with van der Waals surface area (Å²) in [5, 5.41) is 10.6. The van der Waals surface area contributed by atoms with Crippen molar-refractivity contribution < 1.29 is 27.8 Å². The molecule has 2 amide bonds. The Morgan fingerprint density at radius 1 is 1.13 bits per heavy atom. The number of halogens is 3. The van der Waals surface area contributed by atoms with E-state index in [0.717, 1.165) is 23.3 Å². The van der Waals surface area contributed by atoms with Crippen molar-refractivity contribution in [3.8, 4) is 0 Å². The second-order valence-corrected chi connectivity index (χ2v) is 8.04. The number of aliphatic hydroxyl groups is 1. The fourth-order valence-electron chi connectivity index (χ4n) is 4.29. The molecule has 0 radical (unpaired) electrons. The van der Waals surface area contributed by atoms with Crippen LogP contribution in [0.5, 0.6) is 0 Å². The third-order valence-corrected chi connectivity index (χ3v) is 6.09. The second-order valence-electron chi connectivity index (χ2n) is 8.04. The molecule has 0 saturated carbocycles. The van der Waals surface area contributed by atoms with Crippen molar-refractivity contribution in [1.82, 2.24) is 4.90 Å². The van der Waals surface area contributed by atoms with Gasteiger partial charge in [-0.2, -0.15) is 13.2 Å². The highest BCUT2D eigenvalue weighted by Gasteiger charge is 2.39. The molecule has 2 aliphatic rings. The van der Waals surface area contributed by atoms with Gasteiger partial charge in [0.15, 0.2) is 0 Å². The average Bonchev–Trinajstić information content (AvgIpc) is 2.71. The molecule has 0 spiro atoms. The monoisotopic (exact) mass is 420 g/mol. The number of amides is 2. The lowest BCUT2D eigenvalue weighted by molar-refractivity contribution is -0.184. The highest BCUT2D eigenvalue weighted by molar-refractivity contribution is 5.73. The van der Waals surface area contributed by atoms with Crippen LogP contribution in [0.3, 0.4) is 0 Å². The average molecular weight is 420 g/mol. The van der Waals surface area contributed by atoms with E-state index in [9.17, 15) is 23.1 Å². The predicted molar refractivity (Wildman–Crippen MR) is 104 cm³/mol. The van der Waals surface area contributed by atoms with E-state index in [2.05, 4.69) is 0 Å². The van der Waals surface area contributed by atoms with Crippen LogP contribution in [0, 0.1) is 0 Å². The number of carbonyl (C=O) groups excluding carboxylic acids is 1. The van der Waals surface area contributed by atoms with E-state index in [1.165, 1.54) is 12.1 Å². The van der Waals surface area contributed by atoms with Gasteiger partial charge in [0.2, 0.25) is 0 Å². The van der Waals surface area contributed by atoms with Crippen molar-refractivity contribution in [3.05, 3.63) is 70.8 Å². The number of likely N-dealkylation sites (tertiary alicyclic amines) is 1. The van der Waals surface area contributed by atoms with E-state index in [0.29, 0.717) is 24.9 Å². The zero-order valence-electron chi connectivity index (χ0n) is 16.2. The van der Waals surface area contributed by atoms with Crippen LogP contribution in [0.1, 0.15) is 47.1 Å². The number of benzene rings is 2. The SMILES string of the molecule is NC(=O)N1CCC(c2ccc(C(F)(F)F)cc2)CC1c1cccc(C2(O)COC2)c1. The van der Waals surface area contributed by atoms with Crippen molar-refractivity contribution in [1.29, 1.82) is 0 Å². The molecule has 2 aromatic carbocycles. The molecule has 0 aliphatic carbocycles. The van der Waals surface area contributed by atoms with Gasteiger partial charge in [-0.25, -0.2) is 4.79 Å². The molecule has 2 fully saturated rings. The highest BCUT2D eigenvalue weighted by Crippen LogP contribution is 2.41. The zero-order valence-corrected chi connectivity index (χ0v) is 16.2. The van der Waals surface area contributed by atoms with Gasteiger partial charge in [0, 0.05) is 6.54 Å². The smallest absolute Gasteiger partial charge is 0.380 e. The molecule has 8 heteroatoms. The first-order valence-electron chi connectivity index (χ1n) is 9.81. The number of hydrogen-bond donors (Lipinski definition) is 2. The van der Waals surface area contributed by atoms with E-state index in [4.69, 9.17) is 10.5 Å². The topological polar surface area (TPSA) is 75.8 Å². The molecule has 3 N–H and O–H groups in total. The van der Waals surface area contributed by atoms with Gasteiger partial charge in [-0.1, -0.05) is 36.4 Å². The maximum Gasteiger partial charge on any atom is 0.416 e. The summed E-state index contributed by atoms with van der Waals surface area (Å²) in [6.07, 6.45) is -3.22. The van der Waals surface area contributed by atoms with Crippen LogP contribution in [-0.4, -0.2) is 35.8 Å². The molecule has 5 nitrogen and oxygen atoms in total. The van der Waals surface area contributed by atoms with E-state index in [1.54, 1.807) is 4.90 Å². The van der Waals surface area contributed by atoms with Gasteiger partial charge in [-0.3, -0.25) is 0 Å². The minimum Gasteiger partial charge on any atom is -0.380 e. The number of ether oxygens (including phenoxy) is 1. The number of urea groups is 1. The molecule has 2 atom stereocenters. The lowest BCUT2D eigenvalue weighted by atomic mass is 9.81. The number of alkyl halides is 3. The van der Waals surface area contributed by atoms with E-state index >= 15 is 0 Å². The van der Waals surface area contributed by atoms with Gasteiger partial charge in [0.05, 0.1) is 24.8 Å². The van der Waals surface area contributed by atoms with Crippen molar-refractivity contribution in [3.63, 3.8) is 0 Å². The highest BCUT2D eigenvalue weighted by atomic mass is 19.4. The van der Waals surface area contributed by atoms with Gasteiger partial charge < -0.3 is 20.5 Å². The number of carbonyl (C=O) groups is 1. The Kier molecular flexibility index (Phi) is 5.23. The van der Waals surface area contributed by atoms with Crippen molar-refractivity contribution >= 4 is 6.03 Å². The summed E-state index contributed by atoms with van der Waals surface area (Å²) >= 11 is 0. The Morgan fingerprint density at radius 3 is 2.40 bits per heavy atom. The lowest BCUT2D eigenvalue weighted by Crippen LogP contribution is -2.47. The number of piperidine rings is 1. The van der Waals surface area contributed by atoms with E-state index < -0.39 is 23.4 Å². The minimum absolute atomic E-state index is 0.00772. The van der Waals surface area contributed by atoms with Crippen LogP contribution >= 0.6 is 0 Å². The summed E-state index contributed by atoms with van der Waals surface area (Å²) in [6.45, 7) is 0.840. The molecule has 160 valence electrons. The molecule has 2 unspecified atom stereocenters. The van der Waals surface area contributed by atoms with Crippen LogP contribution in [0.4, 0.5) is 18.0 Å². The first kappa shape index (κ1) is 20.7. The number of nitrogens with zero attached hydrogens (tertiary/aromatic N) is 1. The molecule has 2 aromatic rings. The van der Waals surface area contributed by atoms with Gasteiger partial charge >= 0.3 is 12.2 Å². The molecular weight excluding hydrogens is 397 g/mol. The van der Waals surface area contributed by atoms with Crippen LogP contribution in [0.15, 0.2) is 48.5 Å². The fourth-order valence-corrected chi connectivity index (χ4v) is 4.29. The molecule has 0 bridgehead atoms. The maximum absolute atomic E-state index is 12.9. The number of primary amides is 1. The largest absolute Gasteiger partial charge is 0.416 e. The standard InChI is InChI=1S/C22H23F3N2O3/c23-22(24,25)17-6-4-14(5-7-17)15-8-9-27(20(26)28)19(11-15)16-2-1-3-18(10-16)21(29)12-30-13-21/h1-7,10,15,19,29H,8-9,11-13H2,(H2,26,28). The summed E-state index contributed by atoms with van der Waals surface area (Å²) in [5.41, 5.74) is 6.24. The summed E-state index contributed by atoms with van der Waals surface area (Å²) < 4.78 is 43.7. The second kappa shape index (κ2) is 7.59. The third-order valence-electron chi connectivity index (χ3n) is 6.09. The molecule has 2 saturated heterocycles. The molecule has 30 heavy (non-hydrogen) atoms. The van der Waals surface area contributed by atoms with Crippen molar-refractivity contribution in [2.75, 3.05) is 19.8 Å². The normalized spacial score (nSPS) is 23.7. The zero-order chi connectivity index (χ0) is 21.5. The third kappa shape index (κ3) is 3.89. The molecular formula is C22H23F3N2O3. The quantitative estimate of drug-likeness (QED) is 0.790. The molecule has 2 aliphatic heterocycles. The van der Waals surface area contributed by atoms with Crippen molar-refractivity contribution in [2.45, 2.75) is 36.6 Å². The Bertz CT molecular complexity index is 926. The van der Waals surface area contributed by atoms with Crippen LogP contribution in [0.2, 0.25) is 0 Å². The summed E-state index contributed by atoms with van der Waals surface area (Å²) in [5.74, 6) is -0.00772. The Labute approximate surface area is 172 Å². The van der Waals surface area contributed by atoms with Crippen molar-refractivity contribution in [2.24, 2.45) is 5.73 Å².